The smallest absolute Gasteiger partial charge is 0.220 e. The van der Waals surface area contributed by atoms with Gasteiger partial charge in [0.25, 0.3) is 0 Å². The van der Waals surface area contributed by atoms with E-state index < -0.39 is 12.1 Å². The van der Waals surface area contributed by atoms with Gasteiger partial charge in [0.05, 0.1) is 18.8 Å². The molecule has 4 nitrogen and oxygen atoms in total. The topological polar surface area (TPSA) is 69.6 Å². The first-order chi connectivity index (χ1) is 20.2. The maximum Gasteiger partial charge on any atom is 0.220 e. The van der Waals surface area contributed by atoms with Gasteiger partial charge in [-0.15, -0.1) is 0 Å². The number of nitrogens with one attached hydrogen (secondary N) is 1. The van der Waals surface area contributed by atoms with Crippen molar-refractivity contribution in [3.63, 3.8) is 0 Å². The van der Waals surface area contributed by atoms with Crippen LogP contribution in [0.2, 0.25) is 0 Å². The molecule has 0 fully saturated rings. The summed E-state index contributed by atoms with van der Waals surface area (Å²) >= 11 is 0. The van der Waals surface area contributed by atoms with Gasteiger partial charge in [-0.2, -0.15) is 0 Å². The van der Waals surface area contributed by atoms with Gasteiger partial charge < -0.3 is 15.5 Å². The lowest BCUT2D eigenvalue weighted by Crippen LogP contribution is -2.45. The van der Waals surface area contributed by atoms with Gasteiger partial charge in [-0.1, -0.05) is 194 Å². The Bertz CT molecular complexity index is 512. The molecule has 3 N–H and O–H groups in total. The average molecular weight is 582 g/mol. The van der Waals surface area contributed by atoms with Crippen LogP contribution < -0.4 is 5.32 Å². The summed E-state index contributed by atoms with van der Waals surface area (Å²) in [6.07, 6.45) is 39.8. The molecular formula is C37H75NO3. The van der Waals surface area contributed by atoms with Crippen LogP contribution in [0.15, 0.2) is 0 Å². The largest absolute Gasteiger partial charge is 0.394 e. The number of unbranched alkanes of at least 4 members (excludes halogenated alkanes) is 27. The second kappa shape index (κ2) is 33.9. The summed E-state index contributed by atoms with van der Waals surface area (Å²) in [5.74, 6) is -0.0647. The normalized spacial score (nSPS) is 13.0. The Kier molecular flexibility index (Phi) is 33.4. The molecule has 0 aromatic carbocycles. The van der Waals surface area contributed by atoms with Gasteiger partial charge in [-0.05, 0) is 12.8 Å². The van der Waals surface area contributed by atoms with Crippen molar-refractivity contribution < 1.29 is 15.0 Å². The van der Waals surface area contributed by atoms with E-state index in [1.54, 1.807) is 0 Å². The van der Waals surface area contributed by atoms with Crippen LogP contribution in [0.25, 0.3) is 0 Å². The van der Waals surface area contributed by atoms with Crippen molar-refractivity contribution >= 4 is 5.91 Å². The minimum absolute atomic E-state index is 0.0647. The standard InChI is InChI=1S/C37H75NO3/c1-3-5-7-8-9-10-11-12-13-14-15-16-17-18-19-20-21-22-23-24-25-26-27-28-29-30-31-32-36(40)35(34-39)38-37(41)33-6-4-2/h35-36,39-40H,3-34H2,1-2H3,(H,38,41). The van der Waals surface area contributed by atoms with Crippen molar-refractivity contribution in [2.24, 2.45) is 0 Å². The van der Waals surface area contributed by atoms with Crippen LogP contribution >= 0.6 is 0 Å². The van der Waals surface area contributed by atoms with Crippen LogP contribution in [-0.2, 0) is 4.79 Å². The molecule has 0 saturated carbocycles. The Labute approximate surface area is 257 Å². The third-order valence-corrected chi connectivity index (χ3v) is 8.87. The van der Waals surface area contributed by atoms with E-state index in [4.69, 9.17) is 0 Å². The fourth-order valence-electron chi connectivity index (χ4n) is 5.93. The SMILES string of the molecule is CCCCCCCCCCCCCCCCCCCCCCCCCCCCCC(O)C(CO)NC(=O)CCCC. The molecule has 2 atom stereocenters. The van der Waals surface area contributed by atoms with Gasteiger partial charge in [0, 0.05) is 6.42 Å². The number of aliphatic hydroxyl groups excluding tert-OH is 2. The number of hydrogen-bond acceptors (Lipinski definition) is 3. The molecule has 0 aromatic rings. The summed E-state index contributed by atoms with van der Waals surface area (Å²) in [6.45, 7) is 4.15. The highest BCUT2D eigenvalue weighted by atomic mass is 16.3. The fraction of sp³-hybridized carbons (Fsp3) is 0.973. The number of carbonyl (C=O) groups excluding carboxylic acids is 1. The molecule has 4 heteroatoms. The molecule has 0 rings (SSSR count). The molecule has 0 aromatic heterocycles. The maximum atomic E-state index is 11.8. The number of rotatable bonds is 34. The van der Waals surface area contributed by atoms with Crippen molar-refractivity contribution in [1.82, 2.24) is 5.32 Å². The predicted octanol–water partition coefficient (Wildman–Crippen LogP) is 11.0. The van der Waals surface area contributed by atoms with E-state index in [9.17, 15) is 15.0 Å². The second-order valence-electron chi connectivity index (χ2n) is 13.0. The molecule has 2 unspecified atom stereocenters. The molecule has 0 heterocycles. The van der Waals surface area contributed by atoms with Crippen LogP contribution in [0.3, 0.4) is 0 Å². The minimum atomic E-state index is -0.648. The zero-order chi connectivity index (χ0) is 30.1. The Morgan fingerprint density at radius 1 is 0.488 bits per heavy atom. The molecule has 0 bridgehead atoms. The first-order valence-corrected chi connectivity index (χ1v) is 18.7. The molecule has 1 amide bonds. The molecule has 0 aliphatic rings. The summed E-state index contributed by atoms with van der Waals surface area (Å²) < 4.78 is 0. The van der Waals surface area contributed by atoms with Crippen molar-refractivity contribution in [2.45, 2.75) is 225 Å². The molecule has 0 spiro atoms. The zero-order valence-electron chi connectivity index (χ0n) is 28.1. The van der Waals surface area contributed by atoms with Crippen LogP contribution in [0.4, 0.5) is 0 Å². The first kappa shape index (κ1) is 40.4. The summed E-state index contributed by atoms with van der Waals surface area (Å²) in [4.78, 5) is 11.8. The Morgan fingerprint density at radius 2 is 0.780 bits per heavy atom. The maximum absolute atomic E-state index is 11.8. The van der Waals surface area contributed by atoms with E-state index in [1.165, 1.54) is 161 Å². The highest BCUT2D eigenvalue weighted by Crippen LogP contribution is 2.16. The number of hydrogen-bond donors (Lipinski definition) is 3. The Hall–Kier alpha value is -0.610. The van der Waals surface area contributed by atoms with Crippen molar-refractivity contribution in [3.05, 3.63) is 0 Å². The van der Waals surface area contributed by atoms with E-state index in [2.05, 4.69) is 19.2 Å². The third kappa shape index (κ3) is 30.6. The second-order valence-corrected chi connectivity index (χ2v) is 13.0. The predicted molar refractivity (Wildman–Crippen MR) is 179 cm³/mol. The van der Waals surface area contributed by atoms with E-state index >= 15 is 0 Å². The molecule has 41 heavy (non-hydrogen) atoms. The van der Waals surface area contributed by atoms with Crippen LogP contribution in [-0.4, -0.2) is 34.9 Å². The minimum Gasteiger partial charge on any atom is -0.394 e. The lowest BCUT2D eigenvalue weighted by atomic mass is 10.0. The summed E-state index contributed by atoms with van der Waals surface area (Å²) in [5.41, 5.74) is 0. The Morgan fingerprint density at radius 3 is 1.07 bits per heavy atom. The van der Waals surface area contributed by atoms with Crippen LogP contribution in [0.1, 0.15) is 213 Å². The fourth-order valence-corrected chi connectivity index (χ4v) is 5.93. The molecular weight excluding hydrogens is 506 g/mol. The van der Waals surface area contributed by atoms with E-state index in [0.717, 1.165) is 25.7 Å². The van der Waals surface area contributed by atoms with Crippen molar-refractivity contribution in [3.8, 4) is 0 Å². The third-order valence-electron chi connectivity index (χ3n) is 8.87. The van der Waals surface area contributed by atoms with Gasteiger partial charge >= 0.3 is 0 Å². The van der Waals surface area contributed by atoms with Gasteiger partial charge in [0.1, 0.15) is 0 Å². The summed E-state index contributed by atoms with van der Waals surface area (Å²) in [5, 5.41) is 22.6. The van der Waals surface area contributed by atoms with Gasteiger partial charge in [0.2, 0.25) is 5.91 Å². The zero-order valence-corrected chi connectivity index (χ0v) is 28.1. The summed E-state index contributed by atoms with van der Waals surface area (Å²) in [6, 6.07) is -0.525. The molecule has 246 valence electrons. The molecule has 0 radical (unpaired) electrons. The monoisotopic (exact) mass is 582 g/mol. The lowest BCUT2D eigenvalue weighted by Gasteiger charge is -2.22. The van der Waals surface area contributed by atoms with Gasteiger partial charge in [0.15, 0.2) is 0 Å². The van der Waals surface area contributed by atoms with Gasteiger partial charge in [-0.25, -0.2) is 0 Å². The molecule has 0 aliphatic carbocycles. The number of amides is 1. The summed E-state index contributed by atoms with van der Waals surface area (Å²) in [7, 11) is 0. The molecule has 0 aliphatic heterocycles. The highest BCUT2D eigenvalue weighted by molar-refractivity contribution is 5.76. The van der Waals surface area contributed by atoms with Gasteiger partial charge in [-0.3, -0.25) is 4.79 Å². The highest BCUT2D eigenvalue weighted by Gasteiger charge is 2.19. The first-order valence-electron chi connectivity index (χ1n) is 18.7. The molecule has 0 saturated heterocycles. The number of aliphatic hydroxyl groups is 2. The van der Waals surface area contributed by atoms with E-state index in [1.807, 2.05) is 0 Å². The number of carbonyl (C=O) groups is 1. The van der Waals surface area contributed by atoms with Crippen molar-refractivity contribution in [1.29, 1.82) is 0 Å². The van der Waals surface area contributed by atoms with E-state index in [-0.39, 0.29) is 12.5 Å². The van der Waals surface area contributed by atoms with Crippen LogP contribution in [0.5, 0.6) is 0 Å². The lowest BCUT2D eigenvalue weighted by molar-refractivity contribution is -0.123. The van der Waals surface area contributed by atoms with E-state index in [0.29, 0.717) is 12.8 Å². The quantitative estimate of drug-likeness (QED) is 0.0662. The Balaban J connectivity index is 3.26. The van der Waals surface area contributed by atoms with Crippen molar-refractivity contribution in [2.75, 3.05) is 6.61 Å². The average Bonchev–Trinajstić information content (AvgIpc) is 2.98. The van der Waals surface area contributed by atoms with Crippen LogP contribution in [0, 0.1) is 0 Å².